The van der Waals surface area contributed by atoms with Gasteiger partial charge in [-0.3, -0.25) is 4.57 Å². The minimum atomic E-state index is -3.77. The summed E-state index contributed by atoms with van der Waals surface area (Å²) in [6, 6.07) is 6.88. The molecular formula is C15H20ClO5P. The van der Waals surface area contributed by atoms with Crippen molar-refractivity contribution in [3.63, 3.8) is 0 Å². The first kappa shape index (κ1) is 18.9. The second-order valence-electron chi connectivity index (χ2n) is 4.10. The molecule has 0 N–H and O–H groups in total. The molecule has 1 aromatic carbocycles. The Hall–Kier alpha value is -1.13. The van der Waals surface area contributed by atoms with Crippen LogP contribution in [-0.4, -0.2) is 25.8 Å². The number of carbonyl (C=O) groups excluding carboxylic acids is 1. The zero-order valence-electron chi connectivity index (χ0n) is 12.9. The maximum Gasteiger partial charge on any atom is 0.368 e. The van der Waals surface area contributed by atoms with Gasteiger partial charge in [-0.1, -0.05) is 29.8 Å². The van der Waals surface area contributed by atoms with E-state index in [1.807, 2.05) is 0 Å². The van der Waals surface area contributed by atoms with E-state index in [1.54, 1.807) is 45.0 Å². The molecular weight excluding hydrogens is 327 g/mol. The molecule has 0 saturated carbocycles. The van der Waals surface area contributed by atoms with Crippen molar-refractivity contribution >= 4 is 31.2 Å². The monoisotopic (exact) mass is 346 g/mol. The van der Waals surface area contributed by atoms with E-state index in [0.29, 0.717) is 10.6 Å². The molecule has 0 saturated heterocycles. The van der Waals surface area contributed by atoms with Gasteiger partial charge in [0, 0.05) is 5.02 Å². The van der Waals surface area contributed by atoms with Crippen molar-refractivity contribution in [3.8, 4) is 0 Å². The van der Waals surface area contributed by atoms with Gasteiger partial charge in [-0.15, -0.1) is 0 Å². The molecule has 122 valence electrons. The molecule has 0 fully saturated rings. The lowest BCUT2D eigenvalue weighted by Crippen LogP contribution is -2.11. The number of halogens is 1. The maximum absolute atomic E-state index is 12.9. The van der Waals surface area contributed by atoms with Gasteiger partial charge >= 0.3 is 13.6 Å². The Balaban J connectivity index is 3.37. The zero-order valence-corrected chi connectivity index (χ0v) is 14.5. The Morgan fingerprint density at radius 2 is 1.73 bits per heavy atom. The maximum atomic E-state index is 12.9. The molecule has 0 aromatic heterocycles. The van der Waals surface area contributed by atoms with Crippen LogP contribution in [0.4, 0.5) is 0 Å². The Kier molecular flexibility index (Phi) is 7.83. The van der Waals surface area contributed by atoms with Crippen LogP contribution in [-0.2, 0) is 23.1 Å². The van der Waals surface area contributed by atoms with E-state index in [0.717, 1.165) is 0 Å². The van der Waals surface area contributed by atoms with Crippen LogP contribution in [0.5, 0.6) is 0 Å². The molecule has 0 amide bonds. The molecule has 0 spiro atoms. The van der Waals surface area contributed by atoms with Gasteiger partial charge in [0.25, 0.3) is 0 Å². The summed E-state index contributed by atoms with van der Waals surface area (Å²) in [6.45, 7) is 5.43. The predicted molar refractivity (Wildman–Crippen MR) is 86.9 cm³/mol. The molecule has 0 aliphatic carbocycles. The van der Waals surface area contributed by atoms with Gasteiger partial charge in [-0.25, -0.2) is 4.79 Å². The van der Waals surface area contributed by atoms with E-state index in [1.165, 1.54) is 6.08 Å². The number of benzene rings is 1. The highest BCUT2D eigenvalue weighted by molar-refractivity contribution is 7.60. The molecule has 7 heteroatoms. The lowest BCUT2D eigenvalue weighted by Gasteiger charge is -2.19. The first-order valence-corrected chi connectivity index (χ1v) is 8.93. The average molecular weight is 347 g/mol. The Morgan fingerprint density at radius 3 is 2.23 bits per heavy atom. The molecule has 0 aliphatic heterocycles. The number of rotatable bonds is 8. The van der Waals surface area contributed by atoms with E-state index in [9.17, 15) is 9.36 Å². The van der Waals surface area contributed by atoms with Gasteiger partial charge in [0.05, 0.1) is 19.8 Å². The van der Waals surface area contributed by atoms with Crippen LogP contribution < -0.4 is 0 Å². The van der Waals surface area contributed by atoms with Crippen molar-refractivity contribution in [3.05, 3.63) is 40.2 Å². The summed E-state index contributed by atoms with van der Waals surface area (Å²) in [6.07, 6.45) is 1.40. The number of hydrogen-bond acceptors (Lipinski definition) is 5. The molecule has 5 nitrogen and oxygen atoms in total. The summed E-state index contributed by atoms with van der Waals surface area (Å²) < 4.78 is 28.3. The first-order valence-electron chi connectivity index (χ1n) is 7.01. The Morgan fingerprint density at radius 1 is 1.14 bits per heavy atom. The smallest absolute Gasteiger partial charge is 0.368 e. The summed E-state index contributed by atoms with van der Waals surface area (Å²) >= 11 is 6.09. The van der Waals surface area contributed by atoms with Crippen molar-refractivity contribution in [2.24, 2.45) is 0 Å². The van der Waals surface area contributed by atoms with E-state index in [2.05, 4.69) is 0 Å². The summed E-state index contributed by atoms with van der Waals surface area (Å²) in [5, 5.41) is 0.259. The van der Waals surface area contributed by atoms with Gasteiger partial charge in [0.15, 0.2) is 0 Å². The standard InChI is InChI=1S/C15H20ClO5P/c1-4-19-15(17)14(22(18,20-5-2)21-6-3)11-12-9-7-8-10-13(12)16/h7-11H,4-6H2,1-3H3/b14-11-. The Bertz CT molecular complexity index is 575. The number of hydrogen-bond donors (Lipinski definition) is 0. The quantitative estimate of drug-likeness (QED) is 0.393. The fourth-order valence-electron chi connectivity index (χ4n) is 1.71. The van der Waals surface area contributed by atoms with Crippen LogP contribution >= 0.6 is 19.2 Å². The van der Waals surface area contributed by atoms with Crippen molar-refractivity contribution in [1.29, 1.82) is 0 Å². The van der Waals surface area contributed by atoms with Crippen LogP contribution in [0, 0.1) is 0 Å². The van der Waals surface area contributed by atoms with Crippen LogP contribution in [0.3, 0.4) is 0 Å². The third kappa shape index (κ3) is 4.96. The highest BCUT2D eigenvalue weighted by atomic mass is 35.5. The van der Waals surface area contributed by atoms with Crippen molar-refractivity contribution in [1.82, 2.24) is 0 Å². The molecule has 0 bridgehead atoms. The Labute approximate surface area is 135 Å². The van der Waals surface area contributed by atoms with E-state index >= 15 is 0 Å². The lowest BCUT2D eigenvalue weighted by atomic mass is 10.2. The third-order valence-electron chi connectivity index (χ3n) is 2.58. The molecule has 0 aliphatic rings. The molecule has 0 heterocycles. The van der Waals surface area contributed by atoms with E-state index < -0.39 is 13.6 Å². The molecule has 1 rings (SSSR count). The number of ether oxygens (including phenoxy) is 1. The first-order chi connectivity index (χ1) is 10.5. The summed E-state index contributed by atoms with van der Waals surface area (Å²) in [7, 11) is -3.77. The highest BCUT2D eigenvalue weighted by Crippen LogP contribution is 2.57. The summed E-state index contributed by atoms with van der Waals surface area (Å²) in [4.78, 5) is 12.2. The van der Waals surface area contributed by atoms with Crippen LogP contribution in [0.25, 0.3) is 6.08 Å². The fraction of sp³-hybridized carbons (Fsp3) is 0.400. The van der Waals surface area contributed by atoms with E-state index in [4.69, 9.17) is 25.4 Å². The van der Waals surface area contributed by atoms with Gasteiger partial charge in [-0.2, -0.15) is 0 Å². The second-order valence-corrected chi connectivity index (χ2v) is 6.50. The second kappa shape index (κ2) is 9.11. The van der Waals surface area contributed by atoms with Crippen molar-refractivity contribution < 1.29 is 23.1 Å². The van der Waals surface area contributed by atoms with Gasteiger partial charge < -0.3 is 13.8 Å². The number of esters is 1. The van der Waals surface area contributed by atoms with Crippen LogP contribution in [0.15, 0.2) is 29.6 Å². The minimum absolute atomic E-state index is 0.135. The third-order valence-corrected chi connectivity index (χ3v) is 5.02. The predicted octanol–water partition coefficient (Wildman–Crippen LogP) is 4.51. The van der Waals surface area contributed by atoms with Gasteiger partial charge in [0.2, 0.25) is 0 Å². The van der Waals surface area contributed by atoms with Crippen molar-refractivity contribution in [2.75, 3.05) is 19.8 Å². The summed E-state index contributed by atoms with van der Waals surface area (Å²) in [5.41, 5.74) is 0.534. The SMILES string of the molecule is CCOC(=O)/C(=C/c1ccccc1Cl)P(=O)(OCC)OCC. The van der Waals surface area contributed by atoms with Crippen LogP contribution in [0.1, 0.15) is 26.3 Å². The highest BCUT2D eigenvalue weighted by Gasteiger charge is 2.36. The molecule has 0 unspecified atom stereocenters. The summed E-state index contributed by atoms with van der Waals surface area (Å²) in [5.74, 6) is -0.743. The molecule has 1 aromatic rings. The fourth-order valence-corrected chi connectivity index (χ4v) is 3.52. The minimum Gasteiger partial charge on any atom is -0.462 e. The number of carbonyl (C=O) groups is 1. The van der Waals surface area contributed by atoms with Crippen LogP contribution in [0.2, 0.25) is 5.02 Å². The average Bonchev–Trinajstić information content (AvgIpc) is 2.47. The van der Waals surface area contributed by atoms with E-state index in [-0.39, 0.29) is 25.1 Å². The molecule has 0 atom stereocenters. The molecule has 22 heavy (non-hydrogen) atoms. The van der Waals surface area contributed by atoms with Gasteiger partial charge in [0.1, 0.15) is 5.31 Å². The van der Waals surface area contributed by atoms with Gasteiger partial charge in [-0.05, 0) is 38.5 Å². The topological polar surface area (TPSA) is 61.8 Å². The molecule has 0 radical (unpaired) electrons. The largest absolute Gasteiger partial charge is 0.462 e. The lowest BCUT2D eigenvalue weighted by molar-refractivity contribution is -0.137. The zero-order chi connectivity index (χ0) is 16.6. The normalized spacial score (nSPS) is 12.3. The van der Waals surface area contributed by atoms with Crippen molar-refractivity contribution in [2.45, 2.75) is 20.8 Å².